The Morgan fingerprint density at radius 2 is 1.93 bits per heavy atom. The molecule has 148 valence electrons. The van der Waals surface area contributed by atoms with E-state index in [1.54, 1.807) is 17.0 Å². The van der Waals surface area contributed by atoms with E-state index in [0.717, 1.165) is 51.3 Å². The molecule has 0 radical (unpaired) electrons. The maximum absolute atomic E-state index is 12.7. The molecular weight excluding hydrogens is 344 g/mol. The first-order chi connectivity index (χ1) is 13.0. The number of hydrogen-bond acceptors (Lipinski definition) is 5. The first-order valence-electron chi connectivity index (χ1n) is 9.79. The van der Waals surface area contributed by atoms with Gasteiger partial charge in [-0.2, -0.15) is 0 Å². The lowest BCUT2D eigenvalue weighted by atomic mass is 10.1. The monoisotopic (exact) mass is 374 g/mol. The van der Waals surface area contributed by atoms with Crippen LogP contribution in [0.4, 0.5) is 5.69 Å². The van der Waals surface area contributed by atoms with Gasteiger partial charge in [-0.25, -0.2) is 0 Å². The highest BCUT2D eigenvalue weighted by Crippen LogP contribution is 2.29. The van der Waals surface area contributed by atoms with Crippen LogP contribution in [0.15, 0.2) is 24.3 Å². The molecule has 3 N–H and O–H groups in total. The van der Waals surface area contributed by atoms with Crippen molar-refractivity contribution in [2.24, 2.45) is 11.7 Å². The quantitative estimate of drug-likeness (QED) is 0.701. The lowest BCUT2D eigenvalue weighted by Gasteiger charge is -2.30. The maximum atomic E-state index is 12.7. The van der Waals surface area contributed by atoms with Gasteiger partial charge in [0.25, 0.3) is 0 Å². The Morgan fingerprint density at radius 1 is 1.26 bits per heavy atom. The van der Waals surface area contributed by atoms with Crippen molar-refractivity contribution in [2.75, 3.05) is 51.3 Å². The van der Waals surface area contributed by atoms with Crippen molar-refractivity contribution in [3.8, 4) is 0 Å². The lowest BCUT2D eigenvalue weighted by Crippen LogP contribution is -2.46. The minimum Gasteiger partial charge on any atom is -0.379 e. The predicted molar refractivity (Wildman–Crippen MR) is 104 cm³/mol. The van der Waals surface area contributed by atoms with Gasteiger partial charge in [0.15, 0.2) is 0 Å². The zero-order valence-corrected chi connectivity index (χ0v) is 16.0. The molecule has 0 aromatic heterocycles. The Bertz CT molecular complexity index is 637. The Balaban J connectivity index is 1.55. The largest absolute Gasteiger partial charge is 0.379 e. The van der Waals surface area contributed by atoms with Crippen LogP contribution in [-0.2, 0) is 14.3 Å². The molecule has 1 aromatic carbocycles. The number of anilines is 1. The van der Waals surface area contributed by atoms with E-state index in [-0.39, 0.29) is 6.04 Å². The Labute approximate surface area is 160 Å². The van der Waals surface area contributed by atoms with E-state index in [1.165, 1.54) is 0 Å². The summed E-state index contributed by atoms with van der Waals surface area (Å²) in [6.07, 6.45) is 2.28. The molecule has 1 saturated heterocycles. The summed E-state index contributed by atoms with van der Waals surface area (Å²) in [5, 5.41) is 2.72. The molecule has 7 heteroatoms. The fraction of sp³-hybridized carbons (Fsp3) is 0.600. The summed E-state index contributed by atoms with van der Waals surface area (Å²) in [6.45, 7) is 7.14. The second kappa shape index (κ2) is 9.30. The number of amides is 2. The number of nitrogens with zero attached hydrogens (tertiary/aromatic N) is 2. The fourth-order valence-electron chi connectivity index (χ4n) is 3.17. The minimum atomic E-state index is -0.578. The first kappa shape index (κ1) is 19.8. The molecule has 1 aliphatic carbocycles. The molecule has 2 fully saturated rings. The van der Waals surface area contributed by atoms with Crippen LogP contribution in [0.3, 0.4) is 0 Å². The van der Waals surface area contributed by atoms with Gasteiger partial charge in [-0.15, -0.1) is 0 Å². The molecule has 1 heterocycles. The molecule has 1 aromatic rings. The molecule has 1 unspecified atom stereocenters. The minimum absolute atomic E-state index is 0.0643. The molecule has 0 bridgehead atoms. The van der Waals surface area contributed by atoms with E-state index >= 15 is 0 Å². The number of hydrogen-bond donors (Lipinski definition) is 2. The third-order valence-corrected chi connectivity index (χ3v) is 5.14. The lowest BCUT2D eigenvalue weighted by molar-refractivity contribution is -0.143. The first-order valence-corrected chi connectivity index (χ1v) is 9.79. The van der Waals surface area contributed by atoms with Gasteiger partial charge in [-0.3, -0.25) is 14.5 Å². The third-order valence-electron chi connectivity index (χ3n) is 5.14. The van der Waals surface area contributed by atoms with Crippen LogP contribution in [0.25, 0.3) is 0 Å². The number of nitrogens with two attached hydrogens (primary N) is 1. The normalized spacial score (nSPS) is 18.7. The number of carbonyl (C=O) groups excluding carboxylic acids is 2. The van der Waals surface area contributed by atoms with Crippen LogP contribution in [-0.4, -0.2) is 67.6 Å². The van der Waals surface area contributed by atoms with Crippen molar-refractivity contribution in [3.63, 3.8) is 0 Å². The topological polar surface area (TPSA) is 87.9 Å². The molecule has 0 spiro atoms. The van der Waals surface area contributed by atoms with Crippen LogP contribution in [0.2, 0.25) is 0 Å². The summed E-state index contributed by atoms with van der Waals surface area (Å²) in [6, 6.07) is 7.23. The van der Waals surface area contributed by atoms with Crippen LogP contribution in [0.1, 0.15) is 31.4 Å². The Morgan fingerprint density at radius 3 is 2.52 bits per heavy atom. The number of morpholine rings is 1. The van der Waals surface area contributed by atoms with Crippen molar-refractivity contribution in [3.05, 3.63) is 29.8 Å². The third kappa shape index (κ3) is 6.02. The van der Waals surface area contributed by atoms with Gasteiger partial charge in [-0.05, 0) is 43.4 Å². The van der Waals surface area contributed by atoms with E-state index in [9.17, 15) is 9.59 Å². The molecule has 2 aliphatic rings. The standard InChI is InChI=1S/C20H30N4O3/c1-15(21)17-4-6-18(7-5-17)22-19(25)20(26)24(14-16-2-3-16)9-8-23-10-12-27-13-11-23/h4-7,15-16H,2-3,8-14,21H2,1H3,(H,22,25). The van der Waals surface area contributed by atoms with Gasteiger partial charge in [0, 0.05) is 44.5 Å². The number of nitrogens with one attached hydrogen (secondary N) is 1. The van der Waals surface area contributed by atoms with Crippen LogP contribution < -0.4 is 11.1 Å². The highest BCUT2D eigenvalue weighted by molar-refractivity contribution is 6.39. The second-order valence-corrected chi connectivity index (χ2v) is 7.51. The van der Waals surface area contributed by atoms with E-state index in [0.29, 0.717) is 24.7 Å². The van der Waals surface area contributed by atoms with Crippen molar-refractivity contribution in [1.82, 2.24) is 9.80 Å². The number of carbonyl (C=O) groups is 2. The fourth-order valence-corrected chi connectivity index (χ4v) is 3.17. The molecule has 3 rings (SSSR count). The van der Waals surface area contributed by atoms with E-state index in [2.05, 4.69) is 10.2 Å². The van der Waals surface area contributed by atoms with Gasteiger partial charge in [0.05, 0.1) is 13.2 Å². The van der Waals surface area contributed by atoms with Crippen molar-refractivity contribution in [1.29, 1.82) is 0 Å². The van der Waals surface area contributed by atoms with Crippen molar-refractivity contribution in [2.45, 2.75) is 25.8 Å². The predicted octanol–water partition coefficient (Wildman–Crippen LogP) is 1.22. The average Bonchev–Trinajstić information content (AvgIpc) is 3.50. The molecular formula is C20H30N4O3. The molecule has 2 amide bonds. The number of rotatable bonds is 7. The maximum Gasteiger partial charge on any atom is 0.313 e. The SMILES string of the molecule is CC(N)c1ccc(NC(=O)C(=O)N(CCN2CCOCC2)CC2CC2)cc1. The summed E-state index contributed by atoms with van der Waals surface area (Å²) in [7, 11) is 0. The molecule has 1 atom stereocenters. The smallest absolute Gasteiger partial charge is 0.313 e. The summed E-state index contributed by atoms with van der Waals surface area (Å²) < 4.78 is 5.36. The summed E-state index contributed by atoms with van der Waals surface area (Å²) in [5.74, 6) is -0.491. The van der Waals surface area contributed by atoms with Gasteiger partial charge in [-0.1, -0.05) is 12.1 Å². The van der Waals surface area contributed by atoms with Gasteiger partial charge in [0.2, 0.25) is 0 Å². The average molecular weight is 374 g/mol. The highest BCUT2D eigenvalue weighted by Gasteiger charge is 2.30. The zero-order chi connectivity index (χ0) is 19.2. The van der Waals surface area contributed by atoms with Gasteiger partial charge in [0.1, 0.15) is 0 Å². The molecule has 27 heavy (non-hydrogen) atoms. The van der Waals surface area contributed by atoms with E-state index < -0.39 is 11.8 Å². The Kier molecular flexibility index (Phi) is 6.82. The van der Waals surface area contributed by atoms with Crippen molar-refractivity contribution >= 4 is 17.5 Å². The van der Waals surface area contributed by atoms with Gasteiger partial charge < -0.3 is 20.7 Å². The summed E-state index contributed by atoms with van der Waals surface area (Å²) in [5.41, 5.74) is 7.44. The highest BCUT2D eigenvalue weighted by atomic mass is 16.5. The summed E-state index contributed by atoms with van der Waals surface area (Å²) >= 11 is 0. The Hall–Kier alpha value is -1.96. The number of benzene rings is 1. The van der Waals surface area contributed by atoms with Crippen LogP contribution in [0, 0.1) is 5.92 Å². The van der Waals surface area contributed by atoms with E-state index in [1.807, 2.05) is 19.1 Å². The van der Waals surface area contributed by atoms with Crippen LogP contribution >= 0.6 is 0 Å². The molecule has 7 nitrogen and oxygen atoms in total. The molecule has 1 saturated carbocycles. The van der Waals surface area contributed by atoms with Crippen LogP contribution in [0.5, 0.6) is 0 Å². The number of ether oxygens (including phenoxy) is 1. The van der Waals surface area contributed by atoms with E-state index in [4.69, 9.17) is 10.5 Å². The van der Waals surface area contributed by atoms with Gasteiger partial charge >= 0.3 is 11.8 Å². The molecule has 1 aliphatic heterocycles. The zero-order valence-electron chi connectivity index (χ0n) is 16.0. The van der Waals surface area contributed by atoms with Crippen molar-refractivity contribution < 1.29 is 14.3 Å². The summed E-state index contributed by atoms with van der Waals surface area (Å²) in [4.78, 5) is 29.2. The second-order valence-electron chi connectivity index (χ2n) is 7.51.